The van der Waals surface area contributed by atoms with Crippen molar-refractivity contribution in [1.82, 2.24) is 5.32 Å². The van der Waals surface area contributed by atoms with E-state index in [9.17, 15) is 8.78 Å². The largest absolute Gasteiger partial charge is 0.356 e. The molecule has 2 aromatic rings. The summed E-state index contributed by atoms with van der Waals surface area (Å²) in [5.41, 5.74) is 3.99. The molecule has 2 rings (SSSR count). The molecular weight excluding hydrogens is 314 g/mol. The molecule has 0 bridgehead atoms. The van der Waals surface area contributed by atoms with Gasteiger partial charge in [-0.05, 0) is 55.7 Å². The highest BCUT2D eigenvalue weighted by Gasteiger charge is 2.13. The smallest absolute Gasteiger partial charge is 0.171 e. The number of nitrogens with one attached hydrogen (secondary N) is 2. The summed E-state index contributed by atoms with van der Waals surface area (Å²) in [6.45, 7) is 6.19. The number of rotatable bonds is 4. The molecule has 0 unspecified atom stereocenters. The molecule has 122 valence electrons. The van der Waals surface area contributed by atoms with Crippen LogP contribution in [0.3, 0.4) is 0 Å². The Labute approximate surface area is 140 Å². The van der Waals surface area contributed by atoms with Crippen molar-refractivity contribution in [3.05, 3.63) is 64.7 Å². The number of benzene rings is 2. The number of thiocarbonyl (C=S) groups is 1. The van der Waals surface area contributed by atoms with Crippen molar-refractivity contribution in [3.8, 4) is 0 Å². The highest BCUT2D eigenvalue weighted by Crippen LogP contribution is 2.22. The first-order valence-electron chi connectivity index (χ1n) is 7.50. The fourth-order valence-electron chi connectivity index (χ4n) is 2.52. The Balaban J connectivity index is 2.08. The molecule has 0 radical (unpaired) electrons. The molecule has 5 heteroatoms. The summed E-state index contributed by atoms with van der Waals surface area (Å²) in [6, 6.07) is 9.95. The molecule has 0 spiro atoms. The lowest BCUT2D eigenvalue weighted by molar-refractivity contribution is 0.509. The van der Waals surface area contributed by atoms with Crippen LogP contribution in [0.2, 0.25) is 0 Å². The Hall–Kier alpha value is -2.01. The van der Waals surface area contributed by atoms with Crippen LogP contribution in [0.1, 0.15) is 36.1 Å². The van der Waals surface area contributed by atoms with E-state index in [1.165, 1.54) is 22.8 Å². The summed E-state index contributed by atoms with van der Waals surface area (Å²) in [7, 11) is 0. The second kappa shape index (κ2) is 7.51. The zero-order valence-electron chi connectivity index (χ0n) is 13.4. The van der Waals surface area contributed by atoms with Crippen LogP contribution < -0.4 is 10.6 Å². The summed E-state index contributed by atoms with van der Waals surface area (Å²) >= 11 is 5.29. The van der Waals surface area contributed by atoms with E-state index in [1.807, 2.05) is 0 Å². The van der Waals surface area contributed by atoms with Crippen LogP contribution in [0.25, 0.3) is 0 Å². The summed E-state index contributed by atoms with van der Waals surface area (Å²) < 4.78 is 26.2. The van der Waals surface area contributed by atoms with Crippen LogP contribution >= 0.6 is 12.2 Å². The molecule has 23 heavy (non-hydrogen) atoms. The number of halogens is 2. The number of anilines is 1. The van der Waals surface area contributed by atoms with Gasteiger partial charge in [0.25, 0.3) is 0 Å². The minimum Gasteiger partial charge on any atom is -0.356 e. The molecule has 0 heterocycles. The molecule has 0 saturated carbocycles. The number of aryl methyl sites for hydroxylation is 2. The second-order valence-electron chi connectivity index (χ2n) is 5.55. The first-order valence-corrected chi connectivity index (χ1v) is 7.91. The molecule has 2 aromatic carbocycles. The van der Waals surface area contributed by atoms with E-state index in [0.717, 1.165) is 18.6 Å². The van der Waals surface area contributed by atoms with Gasteiger partial charge in [0.05, 0.1) is 6.04 Å². The maximum Gasteiger partial charge on any atom is 0.171 e. The average Bonchev–Trinajstić information content (AvgIpc) is 2.49. The monoisotopic (exact) mass is 334 g/mol. The third-order valence-electron chi connectivity index (χ3n) is 3.69. The molecule has 0 amide bonds. The van der Waals surface area contributed by atoms with E-state index in [1.54, 1.807) is 0 Å². The third kappa shape index (κ3) is 4.48. The highest BCUT2D eigenvalue weighted by atomic mass is 32.1. The molecule has 0 aromatic heterocycles. The first kappa shape index (κ1) is 17.3. The standard InChI is InChI=1S/C18H20F2N2S/c1-4-17(14-7-5-11(2)9-12(14)3)22-18(23)21-13-6-8-15(19)16(20)10-13/h5-10,17H,4H2,1-3H3,(H2,21,22,23)/t17-/m0/s1. The van der Waals surface area contributed by atoms with Crippen molar-refractivity contribution < 1.29 is 8.78 Å². The fourth-order valence-corrected chi connectivity index (χ4v) is 2.78. The summed E-state index contributed by atoms with van der Waals surface area (Å²) in [4.78, 5) is 0. The average molecular weight is 334 g/mol. The predicted molar refractivity (Wildman–Crippen MR) is 94.7 cm³/mol. The van der Waals surface area contributed by atoms with Gasteiger partial charge in [-0.1, -0.05) is 30.7 Å². The number of hydrogen-bond donors (Lipinski definition) is 2. The van der Waals surface area contributed by atoms with Crippen LogP contribution in [-0.4, -0.2) is 5.11 Å². The summed E-state index contributed by atoms with van der Waals surface area (Å²) in [6.07, 6.45) is 0.851. The van der Waals surface area contributed by atoms with Crippen molar-refractivity contribution in [2.24, 2.45) is 0 Å². The molecule has 0 aliphatic carbocycles. The van der Waals surface area contributed by atoms with Crippen LogP contribution in [0, 0.1) is 25.5 Å². The van der Waals surface area contributed by atoms with Crippen molar-refractivity contribution in [1.29, 1.82) is 0 Å². The van der Waals surface area contributed by atoms with Gasteiger partial charge in [0.2, 0.25) is 0 Å². The molecular formula is C18H20F2N2S. The highest BCUT2D eigenvalue weighted by molar-refractivity contribution is 7.80. The molecule has 0 saturated heterocycles. The minimum absolute atomic E-state index is 0.0564. The van der Waals surface area contributed by atoms with E-state index >= 15 is 0 Å². The van der Waals surface area contributed by atoms with Crippen LogP contribution in [0.5, 0.6) is 0 Å². The van der Waals surface area contributed by atoms with E-state index in [2.05, 4.69) is 49.6 Å². The lowest BCUT2D eigenvalue weighted by atomic mass is 9.98. The van der Waals surface area contributed by atoms with Gasteiger partial charge in [-0.2, -0.15) is 0 Å². The third-order valence-corrected chi connectivity index (χ3v) is 3.91. The quantitative estimate of drug-likeness (QED) is 0.768. The van der Waals surface area contributed by atoms with Gasteiger partial charge in [-0.25, -0.2) is 8.78 Å². The molecule has 2 nitrogen and oxygen atoms in total. The summed E-state index contributed by atoms with van der Waals surface area (Å²) in [5.74, 6) is -1.78. The van der Waals surface area contributed by atoms with Crippen molar-refractivity contribution in [2.45, 2.75) is 33.2 Å². The topological polar surface area (TPSA) is 24.1 Å². The Morgan fingerprint density at radius 1 is 1.09 bits per heavy atom. The van der Waals surface area contributed by atoms with E-state index in [-0.39, 0.29) is 6.04 Å². The zero-order chi connectivity index (χ0) is 17.0. The maximum absolute atomic E-state index is 13.2. The lowest BCUT2D eigenvalue weighted by Crippen LogP contribution is -2.32. The van der Waals surface area contributed by atoms with Crippen molar-refractivity contribution in [3.63, 3.8) is 0 Å². The molecule has 0 fully saturated rings. The maximum atomic E-state index is 13.2. The molecule has 0 aliphatic rings. The molecule has 1 atom stereocenters. The van der Waals surface area contributed by atoms with Crippen molar-refractivity contribution in [2.75, 3.05) is 5.32 Å². The van der Waals surface area contributed by atoms with Gasteiger partial charge in [-0.3, -0.25) is 0 Å². The van der Waals surface area contributed by atoms with E-state index in [0.29, 0.717) is 10.8 Å². The normalized spacial score (nSPS) is 11.9. The minimum atomic E-state index is -0.903. The van der Waals surface area contributed by atoms with Gasteiger partial charge in [0, 0.05) is 11.8 Å². The zero-order valence-corrected chi connectivity index (χ0v) is 14.2. The van der Waals surface area contributed by atoms with E-state index < -0.39 is 11.6 Å². The Morgan fingerprint density at radius 3 is 2.43 bits per heavy atom. The van der Waals surface area contributed by atoms with Gasteiger partial charge in [0.1, 0.15) is 0 Å². The predicted octanol–water partition coefficient (Wildman–Crippen LogP) is 5.02. The van der Waals surface area contributed by atoms with Gasteiger partial charge in [0.15, 0.2) is 16.7 Å². The van der Waals surface area contributed by atoms with Crippen LogP contribution in [-0.2, 0) is 0 Å². The van der Waals surface area contributed by atoms with E-state index in [4.69, 9.17) is 12.2 Å². The first-order chi connectivity index (χ1) is 10.9. The lowest BCUT2D eigenvalue weighted by Gasteiger charge is -2.22. The Morgan fingerprint density at radius 2 is 1.83 bits per heavy atom. The molecule has 2 N–H and O–H groups in total. The van der Waals surface area contributed by atoms with Crippen LogP contribution in [0.15, 0.2) is 36.4 Å². The van der Waals surface area contributed by atoms with Gasteiger partial charge in [-0.15, -0.1) is 0 Å². The van der Waals surface area contributed by atoms with Gasteiger partial charge >= 0.3 is 0 Å². The van der Waals surface area contributed by atoms with Gasteiger partial charge < -0.3 is 10.6 Å². The Kier molecular flexibility index (Phi) is 5.66. The van der Waals surface area contributed by atoms with Crippen LogP contribution in [0.4, 0.5) is 14.5 Å². The van der Waals surface area contributed by atoms with Crippen molar-refractivity contribution >= 4 is 23.0 Å². The Bertz CT molecular complexity index is 716. The SMILES string of the molecule is CC[C@H](NC(=S)Nc1ccc(F)c(F)c1)c1ccc(C)cc1C. The second-order valence-corrected chi connectivity index (χ2v) is 5.96. The number of hydrogen-bond acceptors (Lipinski definition) is 1. The fraction of sp³-hybridized carbons (Fsp3) is 0.278. The summed E-state index contributed by atoms with van der Waals surface area (Å²) in [5, 5.41) is 6.50. The molecule has 0 aliphatic heterocycles.